The topological polar surface area (TPSA) is 75.1 Å². The standard InChI is InChI=1S/C12H10ClN3O2/c13-9-3-1-8(2-4-9)12-14-6-5-10(16-12)15-7-11(17)18/h1-6H,7H2,(H,17,18)(H,14,15,16). The first-order valence-electron chi connectivity index (χ1n) is 5.20. The van der Waals surface area contributed by atoms with Gasteiger partial charge in [0, 0.05) is 16.8 Å². The Kier molecular flexibility index (Phi) is 3.74. The van der Waals surface area contributed by atoms with Crippen LogP contribution in [0.5, 0.6) is 0 Å². The first-order valence-corrected chi connectivity index (χ1v) is 5.57. The van der Waals surface area contributed by atoms with E-state index in [0.717, 1.165) is 5.56 Å². The van der Waals surface area contributed by atoms with Gasteiger partial charge in [0.1, 0.15) is 12.4 Å². The van der Waals surface area contributed by atoms with Crippen LogP contribution in [0.3, 0.4) is 0 Å². The van der Waals surface area contributed by atoms with Crippen molar-refractivity contribution in [3.8, 4) is 11.4 Å². The minimum atomic E-state index is -0.943. The highest BCUT2D eigenvalue weighted by Crippen LogP contribution is 2.18. The Labute approximate surface area is 108 Å². The van der Waals surface area contributed by atoms with Crippen molar-refractivity contribution >= 4 is 23.4 Å². The number of anilines is 1. The highest BCUT2D eigenvalue weighted by molar-refractivity contribution is 6.30. The molecule has 18 heavy (non-hydrogen) atoms. The zero-order chi connectivity index (χ0) is 13.0. The third-order valence-electron chi connectivity index (χ3n) is 2.18. The molecule has 0 bridgehead atoms. The molecule has 0 saturated carbocycles. The van der Waals surface area contributed by atoms with Crippen LogP contribution in [-0.4, -0.2) is 27.6 Å². The molecule has 2 aromatic rings. The van der Waals surface area contributed by atoms with Gasteiger partial charge in [-0.15, -0.1) is 0 Å². The van der Waals surface area contributed by atoms with Gasteiger partial charge >= 0.3 is 5.97 Å². The zero-order valence-corrected chi connectivity index (χ0v) is 10.1. The fourth-order valence-electron chi connectivity index (χ4n) is 1.36. The third kappa shape index (κ3) is 3.18. The number of nitrogens with zero attached hydrogens (tertiary/aromatic N) is 2. The third-order valence-corrected chi connectivity index (χ3v) is 2.43. The number of nitrogens with one attached hydrogen (secondary N) is 1. The summed E-state index contributed by atoms with van der Waals surface area (Å²) in [6, 6.07) is 8.72. The number of carboxylic acid groups (broad SMARTS) is 1. The van der Waals surface area contributed by atoms with Crippen LogP contribution < -0.4 is 5.32 Å². The summed E-state index contributed by atoms with van der Waals surface area (Å²) >= 11 is 5.80. The molecule has 0 fully saturated rings. The Hall–Kier alpha value is -2.14. The van der Waals surface area contributed by atoms with Crippen molar-refractivity contribution in [2.75, 3.05) is 11.9 Å². The monoisotopic (exact) mass is 263 g/mol. The minimum absolute atomic E-state index is 0.183. The molecule has 0 radical (unpaired) electrons. The van der Waals surface area contributed by atoms with E-state index in [1.165, 1.54) is 0 Å². The molecule has 5 nitrogen and oxygen atoms in total. The molecule has 0 spiro atoms. The molecule has 92 valence electrons. The number of hydrogen-bond donors (Lipinski definition) is 2. The molecule has 2 rings (SSSR count). The molecule has 0 amide bonds. The van der Waals surface area contributed by atoms with Gasteiger partial charge < -0.3 is 10.4 Å². The molecule has 1 heterocycles. The van der Waals surface area contributed by atoms with Gasteiger partial charge in [0.25, 0.3) is 0 Å². The predicted octanol–water partition coefficient (Wildman–Crippen LogP) is 2.29. The first-order chi connectivity index (χ1) is 8.65. The summed E-state index contributed by atoms with van der Waals surface area (Å²) in [5.74, 6) is 0.0426. The summed E-state index contributed by atoms with van der Waals surface area (Å²) in [5, 5.41) is 11.9. The number of aliphatic carboxylic acids is 1. The van der Waals surface area contributed by atoms with Gasteiger partial charge in [0.2, 0.25) is 0 Å². The van der Waals surface area contributed by atoms with Crippen LogP contribution in [0.1, 0.15) is 0 Å². The number of halogens is 1. The second kappa shape index (κ2) is 5.46. The number of benzene rings is 1. The van der Waals surface area contributed by atoms with E-state index in [1.807, 2.05) is 0 Å². The van der Waals surface area contributed by atoms with Gasteiger partial charge in [-0.2, -0.15) is 0 Å². The van der Waals surface area contributed by atoms with E-state index in [0.29, 0.717) is 16.7 Å². The molecule has 6 heteroatoms. The van der Waals surface area contributed by atoms with Gasteiger partial charge in [0.05, 0.1) is 0 Å². The van der Waals surface area contributed by atoms with E-state index in [4.69, 9.17) is 16.7 Å². The van der Waals surface area contributed by atoms with Crippen LogP contribution in [0, 0.1) is 0 Å². The normalized spacial score (nSPS) is 10.1. The summed E-state index contributed by atoms with van der Waals surface area (Å²) < 4.78 is 0. The van der Waals surface area contributed by atoms with E-state index < -0.39 is 5.97 Å². The number of rotatable bonds is 4. The van der Waals surface area contributed by atoms with Crippen molar-refractivity contribution in [1.29, 1.82) is 0 Å². The van der Waals surface area contributed by atoms with Crippen LogP contribution in [0.4, 0.5) is 5.82 Å². The Morgan fingerprint density at radius 3 is 2.67 bits per heavy atom. The van der Waals surface area contributed by atoms with Crippen LogP contribution in [0.2, 0.25) is 5.02 Å². The Balaban J connectivity index is 2.21. The smallest absolute Gasteiger partial charge is 0.322 e. The fourth-order valence-corrected chi connectivity index (χ4v) is 1.49. The number of aromatic nitrogens is 2. The Bertz CT molecular complexity index is 558. The molecule has 0 atom stereocenters. The van der Waals surface area contributed by atoms with E-state index in [2.05, 4.69) is 15.3 Å². The average Bonchev–Trinajstić information content (AvgIpc) is 2.37. The number of hydrogen-bond acceptors (Lipinski definition) is 4. The maximum absolute atomic E-state index is 10.4. The Morgan fingerprint density at radius 2 is 2.00 bits per heavy atom. The summed E-state index contributed by atoms with van der Waals surface area (Å²) in [5.41, 5.74) is 0.818. The number of carboxylic acids is 1. The number of carbonyl (C=O) groups is 1. The molecule has 1 aromatic carbocycles. The summed E-state index contributed by atoms with van der Waals surface area (Å²) in [7, 11) is 0. The van der Waals surface area contributed by atoms with Crippen molar-refractivity contribution in [2.45, 2.75) is 0 Å². The maximum atomic E-state index is 10.4. The highest BCUT2D eigenvalue weighted by Gasteiger charge is 2.03. The molecule has 0 saturated heterocycles. The lowest BCUT2D eigenvalue weighted by Gasteiger charge is -2.04. The van der Waals surface area contributed by atoms with Gasteiger partial charge in [-0.25, -0.2) is 9.97 Å². The first kappa shape index (κ1) is 12.3. The molecule has 0 unspecified atom stereocenters. The van der Waals surface area contributed by atoms with Crippen LogP contribution in [0.15, 0.2) is 36.5 Å². The minimum Gasteiger partial charge on any atom is -0.480 e. The average molecular weight is 264 g/mol. The van der Waals surface area contributed by atoms with E-state index in [-0.39, 0.29) is 6.54 Å². The van der Waals surface area contributed by atoms with E-state index in [1.54, 1.807) is 36.5 Å². The largest absolute Gasteiger partial charge is 0.480 e. The molecular formula is C12H10ClN3O2. The molecular weight excluding hydrogens is 254 g/mol. The van der Waals surface area contributed by atoms with Gasteiger partial charge in [-0.05, 0) is 30.3 Å². The fraction of sp³-hybridized carbons (Fsp3) is 0.0833. The summed E-state index contributed by atoms with van der Waals surface area (Å²) in [6.07, 6.45) is 1.57. The van der Waals surface area contributed by atoms with Gasteiger partial charge in [0.15, 0.2) is 5.82 Å². The Morgan fingerprint density at radius 1 is 1.28 bits per heavy atom. The lowest BCUT2D eigenvalue weighted by atomic mass is 10.2. The van der Waals surface area contributed by atoms with Crippen molar-refractivity contribution in [3.63, 3.8) is 0 Å². The zero-order valence-electron chi connectivity index (χ0n) is 9.30. The predicted molar refractivity (Wildman–Crippen MR) is 68.6 cm³/mol. The van der Waals surface area contributed by atoms with E-state index >= 15 is 0 Å². The molecule has 0 aliphatic heterocycles. The summed E-state index contributed by atoms with van der Waals surface area (Å²) in [6.45, 7) is -0.183. The summed E-state index contributed by atoms with van der Waals surface area (Å²) in [4.78, 5) is 18.8. The SMILES string of the molecule is O=C(O)CNc1ccnc(-c2ccc(Cl)cc2)n1. The van der Waals surface area contributed by atoms with Crippen LogP contribution in [-0.2, 0) is 4.79 Å². The van der Waals surface area contributed by atoms with Crippen molar-refractivity contribution in [2.24, 2.45) is 0 Å². The molecule has 0 aliphatic carbocycles. The second-order valence-corrected chi connectivity index (χ2v) is 3.96. The van der Waals surface area contributed by atoms with Crippen molar-refractivity contribution in [1.82, 2.24) is 9.97 Å². The maximum Gasteiger partial charge on any atom is 0.322 e. The van der Waals surface area contributed by atoms with Gasteiger partial charge in [-0.3, -0.25) is 4.79 Å². The lowest BCUT2D eigenvalue weighted by molar-refractivity contribution is -0.134. The van der Waals surface area contributed by atoms with Gasteiger partial charge in [-0.1, -0.05) is 11.6 Å². The second-order valence-electron chi connectivity index (χ2n) is 3.52. The molecule has 0 aliphatic rings. The van der Waals surface area contributed by atoms with Crippen molar-refractivity contribution in [3.05, 3.63) is 41.6 Å². The van der Waals surface area contributed by atoms with Crippen LogP contribution >= 0.6 is 11.6 Å². The highest BCUT2D eigenvalue weighted by atomic mass is 35.5. The lowest BCUT2D eigenvalue weighted by Crippen LogP contribution is -2.13. The molecule has 2 N–H and O–H groups in total. The van der Waals surface area contributed by atoms with Crippen LogP contribution in [0.25, 0.3) is 11.4 Å². The molecule has 1 aromatic heterocycles. The van der Waals surface area contributed by atoms with Crippen molar-refractivity contribution < 1.29 is 9.90 Å². The van der Waals surface area contributed by atoms with E-state index in [9.17, 15) is 4.79 Å². The quantitative estimate of drug-likeness (QED) is 0.885.